The monoisotopic (exact) mass is 294 g/mol. The van der Waals surface area contributed by atoms with Crippen LogP contribution in [0.15, 0.2) is 29.0 Å². The van der Waals surface area contributed by atoms with E-state index < -0.39 is 0 Å². The third-order valence-electron chi connectivity index (χ3n) is 2.38. The maximum atomic E-state index is 4.43. The van der Waals surface area contributed by atoms with Gasteiger partial charge in [-0.3, -0.25) is 0 Å². The second kappa shape index (κ2) is 3.64. The summed E-state index contributed by atoms with van der Waals surface area (Å²) in [6.45, 7) is 2.07. The Morgan fingerprint density at radius 1 is 1.38 bits per heavy atom. The number of halogens is 1. The first-order valence-electron chi connectivity index (χ1n) is 4.68. The van der Waals surface area contributed by atoms with Gasteiger partial charge in [0, 0.05) is 10.0 Å². The third kappa shape index (κ3) is 1.45. The smallest absolute Gasteiger partial charge is 0.190 e. The van der Waals surface area contributed by atoms with Crippen molar-refractivity contribution in [3.8, 4) is 10.6 Å². The van der Waals surface area contributed by atoms with Crippen molar-refractivity contribution in [2.45, 2.75) is 6.92 Å². The molecule has 0 spiro atoms. The first kappa shape index (κ1) is 9.92. The number of fused-ring (bicyclic) bond motifs is 1. The summed E-state index contributed by atoms with van der Waals surface area (Å²) in [6.07, 6.45) is 1.61. The maximum absolute atomic E-state index is 4.43. The zero-order valence-electron chi connectivity index (χ0n) is 8.38. The predicted molar refractivity (Wildman–Crippen MR) is 66.5 cm³/mol. The first-order valence-corrected chi connectivity index (χ1v) is 6.29. The second-order valence-electron chi connectivity index (χ2n) is 3.38. The standard InChI is InChI=1S/C10H7BrN4S/c1-6-7(3-2-4-8(6)11)9-14-15-5-12-13-10(15)16-9/h2-5H,1H3. The summed E-state index contributed by atoms with van der Waals surface area (Å²) in [4.78, 5) is 0.814. The average Bonchev–Trinajstić information content (AvgIpc) is 2.81. The summed E-state index contributed by atoms with van der Waals surface area (Å²) in [5, 5.41) is 13.2. The Morgan fingerprint density at radius 2 is 2.25 bits per heavy atom. The van der Waals surface area contributed by atoms with Crippen molar-refractivity contribution >= 4 is 32.2 Å². The lowest BCUT2D eigenvalue weighted by atomic mass is 10.1. The molecule has 0 radical (unpaired) electrons. The summed E-state index contributed by atoms with van der Waals surface area (Å²) in [7, 11) is 0. The van der Waals surface area contributed by atoms with E-state index in [1.165, 1.54) is 16.9 Å². The highest BCUT2D eigenvalue weighted by Gasteiger charge is 2.10. The van der Waals surface area contributed by atoms with E-state index in [0.717, 1.165) is 20.0 Å². The zero-order chi connectivity index (χ0) is 11.1. The van der Waals surface area contributed by atoms with Crippen molar-refractivity contribution in [3.05, 3.63) is 34.6 Å². The van der Waals surface area contributed by atoms with Gasteiger partial charge in [-0.15, -0.1) is 10.2 Å². The summed E-state index contributed by atoms with van der Waals surface area (Å²) in [5.41, 5.74) is 2.32. The summed E-state index contributed by atoms with van der Waals surface area (Å²) >= 11 is 5.06. The van der Waals surface area contributed by atoms with Crippen molar-refractivity contribution in [1.82, 2.24) is 19.8 Å². The molecule has 0 fully saturated rings. The van der Waals surface area contributed by atoms with Crippen LogP contribution in [-0.2, 0) is 0 Å². The van der Waals surface area contributed by atoms with Crippen LogP contribution in [0.4, 0.5) is 0 Å². The minimum atomic E-state index is 0.814. The highest BCUT2D eigenvalue weighted by atomic mass is 79.9. The van der Waals surface area contributed by atoms with Crippen LogP contribution in [0.3, 0.4) is 0 Å². The Morgan fingerprint density at radius 3 is 3.06 bits per heavy atom. The Hall–Kier alpha value is -1.27. The Kier molecular flexibility index (Phi) is 2.26. The molecule has 2 heterocycles. The van der Waals surface area contributed by atoms with Gasteiger partial charge in [-0.2, -0.15) is 9.61 Å². The molecule has 0 amide bonds. The number of aromatic nitrogens is 4. The van der Waals surface area contributed by atoms with E-state index in [2.05, 4.69) is 44.2 Å². The molecule has 0 aliphatic heterocycles. The van der Waals surface area contributed by atoms with Gasteiger partial charge in [0.2, 0.25) is 4.96 Å². The number of hydrogen-bond acceptors (Lipinski definition) is 4. The Balaban J connectivity index is 2.23. The van der Waals surface area contributed by atoms with Crippen LogP contribution in [0.5, 0.6) is 0 Å². The van der Waals surface area contributed by atoms with Gasteiger partial charge < -0.3 is 0 Å². The van der Waals surface area contributed by atoms with Crippen molar-refractivity contribution in [1.29, 1.82) is 0 Å². The number of hydrogen-bond donors (Lipinski definition) is 0. The highest BCUT2D eigenvalue weighted by molar-refractivity contribution is 9.10. The fraction of sp³-hybridized carbons (Fsp3) is 0.100. The van der Waals surface area contributed by atoms with Crippen molar-refractivity contribution in [2.24, 2.45) is 0 Å². The third-order valence-corrected chi connectivity index (χ3v) is 4.19. The molecule has 0 aliphatic carbocycles. The molecule has 80 valence electrons. The lowest BCUT2D eigenvalue weighted by Crippen LogP contribution is -1.86. The minimum absolute atomic E-state index is 0.814. The highest BCUT2D eigenvalue weighted by Crippen LogP contribution is 2.31. The van der Waals surface area contributed by atoms with Crippen molar-refractivity contribution < 1.29 is 0 Å². The normalized spacial score (nSPS) is 11.1. The van der Waals surface area contributed by atoms with E-state index >= 15 is 0 Å². The molecule has 3 rings (SSSR count). The molecule has 2 aromatic heterocycles. The molecular weight excluding hydrogens is 288 g/mol. The molecule has 6 heteroatoms. The summed E-state index contributed by atoms with van der Waals surface area (Å²) in [6, 6.07) is 6.10. The molecule has 0 bridgehead atoms. The van der Waals surface area contributed by atoms with Crippen LogP contribution < -0.4 is 0 Å². The van der Waals surface area contributed by atoms with Gasteiger partial charge in [-0.1, -0.05) is 39.4 Å². The molecule has 3 aromatic rings. The molecule has 1 aromatic carbocycles. The SMILES string of the molecule is Cc1c(Br)cccc1-c1nn2cnnc2s1. The van der Waals surface area contributed by atoms with E-state index in [-0.39, 0.29) is 0 Å². The molecule has 0 atom stereocenters. The molecule has 0 saturated carbocycles. The lowest BCUT2D eigenvalue weighted by molar-refractivity contribution is 0.959. The Bertz CT molecular complexity index is 629. The second-order valence-corrected chi connectivity index (χ2v) is 5.19. The largest absolute Gasteiger partial charge is 0.234 e. The van der Waals surface area contributed by atoms with Gasteiger partial charge in [-0.25, -0.2) is 0 Å². The number of rotatable bonds is 1. The van der Waals surface area contributed by atoms with Gasteiger partial charge >= 0.3 is 0 Å². The fourth-order valence-corrected chi connectivity index (χ4v) is 2.78. The van der Waals surface area contributed by atoms with Gasteiger partial charge in [0.25, 0.3) is 0 Å². The van der Waals surface area contributed by atoms with Crippen LogP contribution in [0.2, 0.25) is 0 Å². The first-order chi connectivity index (χ1) is 7.75. The lowest BCUT2D eigenvalue weighted by Gasteiger charge is -2.02. The molecule has 0 saturated heterocycles. The summed E-state index contributed by atoms with van der Waals surface area (Å²) < 4.78 is 2.79. The summed E-state index contributed by atoms with van der Waals surface area (Å²) in [5.74, 6) is 0. The van der Waals surface area contributed by atoms with E-state index in [1.54, 1.807) is 10.8 Å². The molecular formula is C10H7BrN4S. The van der Waals surface area contributed by atoms with Gasteiger partial charge in [0.1, 0.15) is 11.3 Å². The van der Waals surface area contributed by atoms with Gasteiger partial charge in [-0.05, 0) is 18.6 Å². The molecule has 4 nitrogen and oxygen atoms in total. The topological polar surface area (TPSA) is 43.1 Å². The van der Waals surface area contributed by atoms with E-state index in [4.69, 9.17) is 0 Å². The molecule has 0 aliphatic rings. The van der Waals surface area contributed by atoms with Crippen LogP contribution in [-0.4, -0.2) is 19.8 Å². The van der Waals surface area contributed by atoms with Crippen LogP contribution in [0.25, 0.3) is 15.5 Å². The van der Waals surface area contributed by atoms with Gasteiger partial charge in [0.05, 0.1) is 0 Å². The molecule has 0 unspecified atom stereocenters. The fourth-order valence-electron chi connectivity index (χ4n) is 1.51. The minimum Gasteiger partial charge on any atom is -0.190 e. The van der Waals surface area contributed by atoms with Gasteiger partial charge in [0.15, 0.2) is 0 Å². The zero-order valence-corrected chi connectivity index (χ0v) is 10.8. The van der Waals surface area contributed by atoms with Crippen molar-refractivity contribution in [2.75, 3.05) is 0 Å². The van der Waals surface area contributed by atoms with E-state index in [9.17, 15) is 0 Å². The average molecular weight is 295 g/mol. The number of nitrogens with zero attached hydrogens (tertiary/aromatic N) is 4. The predicted octanol–water partition coefficient (Wildman–Crippen LogP) is 2.92. The molecule has 16 heavy (non-hydrogen) atoms. The number of benzene rings is 1. The van der Waals surface area contributed by atoms with Crippen LogP contribution in [0, 0.1) is 6.92 Å². The van der Waals surface area contributed by atoms with Crippen LogP contribution >= 0.6 is 27.3 Å². The molecule has 0 N–H and O–H groups in total. The quantitative estimate of drug-likeness (QED) is 0.693. The van der Waals surface area contributed by atoms with Crippen LogP contribution in [0.1, 0.15) is 5.56 Å². The maximum Gasteiger partial charge on any atom is 0.234 e. The van der Waals surface area contributed by atoms with Crippen molar-refractivity contribution in [3.63, 3.8) is 0 Å². The Labute approximate surface area is 104 Å². The van der Waals surface area contributed by atoms with E-state index in [0.29, 0.717) is 0 Å². The van der Waals surface area contributed by atoms with E-state index in [1.807, 2.05) is 12.1 Å².